The van der Waals surface area contributed by atoms with Crippen LogP contribution >= 0.6 is 0 Å². The molecule has 0 aliphatic carbocycles. The molecule has 3 heteroatoms. The van der Waals surface area contributed by atoms with Gasteiger partial charge in [0, 0.05) is 6.42 Å². The SMILES string of the molecule is CCCCC(=O)OOCC. The van der Waals surface area contributed by atoms with Crippen molar-refractivity contribution in [2.24, 2.45) is 0 Å². The van der Waals surface area contributed by atoms with Gasteiger partial charge in [0.05, 0.1) is 6.61 Å². The average molecular weight is 146 g/mol. The third-order valence-electron chi connectivity index (χ3n) is 1.00. The highest BCUT2D eigenvalue weighted by molar-refractivity contribution is 5.68. The summed E-state index contributed by atoms with van der Waals surface area (Å²) < 4.78 is 0. The first-order valence-corrected chi connectivity index (χ1v) is 3.63. The predicted octanol–water partition coefficient (Wildman–Crippen LogP) is 1.67. The maximum absolute atomic E-state index is 10.6. The molecular weight excluding hydrogens is 132 g/mol. The molecule has 0 unspecified atom stereocenters. The van der Waals surface area contributed by atoms with E-state index in [1.54, 1.807) is 6.92 Å². The Bertz CT molecular complexity index is 80.9. The van der Waals surface area contributed by atoms with Crippen LogP contribution in [0.2, 0.25) is 0 Å². The van der Waals surface area contributed by atoms with Gasteiger partial charge in [-0.15, -0.1) is 0 Å². The summed E-state index contributed by atoms with van der Waals surface area (Å²) in [7, 11) is 0. The quantitative estimate of drug-likeness (QED) is 0.437. The van der Waals surface area contributed by atoms with Crippen LogP contribution in [0.4, 0.5) is 0 Å². The fraction of sp³-hybridized carbons (Fsp3) is 0.857. The molecule has 0 aromatic carbocycles. The molecular formula is C7H14O3. The zero-order valence-corrected chi connectivity index (χ0v) is 6.55. The molecule has 0 aromatic rings. The maximum Gasteiger partial charge on any atom is 0.342 e. The Balaban J connectivity index is 3.09. The van der Waals surface area contributed by atoms with E-state index in [-0.39, 0.29) is 5.97 Å². The van der Waals surface area contributed by atoms with Gasteiger partial charge in [0.15, 0.2) is 0 Å². The minimum Gasteiger partial charge on any atom is -0.298 e. The van der Waals surface area contributed by atoms with E-state index in [0.29, 0.717) is 13.0 Å². The average Bonchev–Trinajstić information content (AvgIpc) is 1.97. The smallest absolute Gasteiger partial charge is 0.298 e. The maximum atomic E-state index is 10.6. The second kappa shape index (κ2) is 6.55. The molecule has 3 nitrogen and oxygen atoms in total. The summed E-state index contributed by atoms with van der Waals surface area (Å²) in [5.74, 6) is -0.274. The molecule has 0 aliphatic heterocycles. The first-order valence-electron chi connectivity index (χ1n) is 3.63. The van der Waals surface area contributed by atoms with E-state index in [4.69, 9.17) is 0 Å². The minimum absolute atomic E-state index is 0.274. The van der Waals surface area contributed by atoms with E-state index in [1.807, 2.05) is 6.92 Å². The standard InChI is InChI=1S/C7H14O3/c1-3-5-6-7(8)10-9-4-2/h3-6H2,1-2H3. The highest BCUT2D eigenvalue weighted by atomic mass is 17.2. The lowest BCUT2D eigenvalue weighted by Gasteiger charge is -1.98. The number of carbonyl (C=O) groups excluding carboxylic acids is 1. The first kappa shape index (κ1) is 9.43. The highest BCUT2D eigenvalue weighted by Gasteiger charge is 2.00. The summed E-state index contributed by atoms with van der Waals surface area (Å²) >= 11 is 0. The Morgan fingerprint density at radius 2 is 2.10 bits per heavy atom. The molecule has 0 aliphatic rings. The Labute approximate surface area is 61.2 Å². The lowest BCUT2D eigenvalue weighted by atomic mass is 10.3. The molecule has 0 spiro atoms. The van der Waals surface area contributed by atoms with Crippen molar-refractivity contribution in [3.05, 3.63) is 0 Å². The van der Waals surface area contributed by atoms with Gasteiger partial charge in [-0.2, -0.15) is 4.89 Å². The van der Waals surface area contributed by atoms with Gasteiger partial charge in [0.25, 0.3) is 0 Å². The summed E-state index contributed by atoms with van der Waals surface area (Å²) in [4.78, 5) is 19.4. The molecule has 0 aromatic heterocycles. The molecule has 60 valence electrons. The van der Waals surface area contributed by atoms with Crippen molar-refractivity contribution in [2.45, 2.75) is 33.1 Å². The van der Waals surface area contributed by atoms with Crippen molar-refractivity contribution in [3.8, 4) is 0 Å². The van der Waals surface area contributed by atoms with Crippen LogP contribution in [-0.2, 0) is 14.6 Å². The number of hydrogen-bond acceptors (Lipinski definition) is 3. The Morgan fingerprint density at radius 1 is 1.40 bits per heavy atom. The van der Waals surface area contributed by atoms with E-state index < -0.39 is 0 Å². The Morgan fingerprint density at radius 3 is 2.60 bits per heavy atom. The van der Waals surface area contributed by atoms with Gasteiger partial charge < -0.3 is 0 Å². The third kappa shape index (κ3) is 5.56. The van der Waals surface area contributed by atoms with Gasteiger partial charge in [0.2, 0.25) is 0 Å². The molecule has 0 fully saturated rings. The molecule has 0 radical (unpaired) electrons. The fourth-order valence-corrected chi connectivity index (χ4v) is 0.487. The third-order valence-corrected chi connectivity index (χ3v) is 1.00. The summed E-state index contributed by atoms with van der Waals surface area (Å²) in [5, 5.41) is 0. The van der Waals surface area contributed by atoms with Gasteiger partial charge in [0.1, 0.15) is 0 Å². The van der Waals surface area contributed by atoms with Crippen molar-refractivity contribution in [1.29, 1.82) is 0 Å². The van der Waals surface area contributed by atoms with Crippen molar-refractivity contribution < 1.29 is 14.6 Å². The van der Waals surface area contributed by atoms with E-state index in [9.17, 15) is 4.79 Å². The fourth-order valence-electron chi connectivity index (χ4n) is 0.487. The van der Waals surface area contributed by atoms with Gasteiger partial charge in [-0.1, -0.05) is 13.3 Å². The summed E-state index contributed by atoms with van der Waals surface area (Å²) in [6.07, 6.45) is 2.32. The first-order chi connectivity index (χ1) is 4.81. The van der Waals surface area contributed by atoms with Crippen molar-refractivity contribution >= 4 is 5.97 Å². The highest BCUT2D eigenvalue weighted by Crippen LogP contribution is 1.96. The largest absolute Gasteiger partial charge is 0.342 e. The van der Waals surface area contributed by atoms with Crippen LogP contribution in [0, 0.1) is 0 Å². The molecule has 0 atom stereocenters. The van der Waals surface area contributed by atoms with Crippen LogP contribution in [0.3, 0.4) is 0 Å². The van der Waals surface area contributed by atoms with Gasteiger partial charge >= 0.3 is 5.97 Å². The summed E-state index contributed by atoms with van der Waals surface area (Å²) in [5.41, 5.74) is 0. The van der Waals surface area contributed by atoms with Crippen molar-refractivity contribution in [3.63, 3.8) is 0 Å². The number of rotatable bonds is 5. The monoisotopic (exact) mass is 146 g/mol. The van der Waals surface area contributed by atoms with E-state index in [0.717, 1.165) is 12.8 Å². The van der Waals surface area contributed by atoms with Crippen molar-refractivity contribution in [2.75, 3.05) is 6.61 Å². The zero-order chi connectivity index (χ0) is 7.82. The normalized spacial score (nSPS) is 9.40. The number of carbonyl (C=O) groups is 1. The topological polar surface area (TPSA) is 35.5 Å². The van der Waals surface area contributed by atoms with Crippen molar-refractivity contribution in [1.82, 2.24) is 0 Å². The number of hydrogen-bond donors (Lipinski definition) is 0. The second-order valence-corrected chi connectivity index (χ2v) is 1.97. The van der Waals surface area contributed by atoms with E-state index >= 15 is 0 Å². The van der Waals surface area contributed by atoms with Crippen LogP contribution in [0.1, 0.15) is 33.1 Å². The minimum atomic E-state index is -0.274. The Kier molecular flexibility index (Phi) is 6.18. The van der Waals surface area contributed by atoms with Crippen LogP contribution in [-0.4, -0.2) is 12.6 Å². The lowest BCUT2D eigenvalue weighted by Crippen LogP contribution is -2.04. The van der Waals surface area contributed by atoms with Crippen LogP contribution in [0.15, 0.2) is 0 Å². The Hall–Kier alpha value is -0.570. The van der Waals surface area contributed by atoms with Gasteiger partial charge in [-0.25, -0.2) is 4.79 Å². The van der Waals surface area contributed by atoms with E-state index in [2.05, 4.69) is 9.78 Å². The van der Waals surface area contributed by atoms with Gasteiger partial charge in [-0.05, 0) is 13.3 Å². The molecule has 10 heavy (non-hydrogen) atoms. The molecule has 0 N–H and O–H groups in total. The van der Waals surface area contributed by atoms with Crippen LogP contribution < -0.4 is 0 Å². The van der Waals surface area contributed by atoms with Crippen LogP contribution in [0.5, 0.6) is 0 Å². The summed E-state index contributed by atoms with van der Waals surface area (Å²) in [6, 6.07) is 0. The molecule has 0 heterocycles. The molecule has 0 rings (SSSR count). The summed E-state index contributed by atoms with van der Waals surface area (Å²) in [6.45, 7) is 4.21. The van der Waals surface area contributed by atoms with Crippen LogP contribution in [0.25, 0.3) is 0 Å². The zero-order valence-electron chi connectivity index (χ0n) is 6.55. The predicted molar refractivity (Wildman–Crippen MR) is 37.2 cm³/mol. The molecule has 0 saturated heterocycles. The molecule has 0 bridgehead atoms. The number of unbranched alkanes of at least 4 members (excludes halogenated alkanes) is 1. The molecule has 0 amide bonds. The van der Waals surface area contributed by atoms with Gasteiger partial charge in [-0.3, -0.25) is 4.89 Å². The second-order valence-electron chi connectivity index (χ2n) is 1.97. The molecule has 0 saturated carbocycles. The van der Waals surface area contributed by atoms with E-state index in [1.165, 1.54) is 0 Å². The lowest BCUT2D eigenvalue weighted by molar-refractivity contribution is -0.269.